The van der Waals surface area contributed by atoms with Crippen LogP contribution < -0.4 is 0 Å². The van der Waals surface area contributed by atoms with E-state index in [-0.39, 0.29) is 5.82 Å². The van der Waals surface area contributed by atoms with Crippen molar-refractivity contribution in [2.75, 3.05) is 0 Å². The van der Waals surface area contributed by atoms with Crippen LogP contribution in [0.5, 0.6) is 0 Å². The molecule has 0 bridgehead atoms. The van der Waals surface area contributed by atoms with Crippen molar-refractivity contribution in [3.05, 3.63) is 42.3 Å². The predicted octanol–water partition coefficient (Wildman–Crippen LogP) is 2.02. The Labute approximate surface area is 69.1 Å². The van der Waals surface area contributed by atoms with E-state index in [0.717, 1.165) is 11.3 Å². The van der Waals surface area contributed by atoms with Gasteiger partial charge < -0.3 is 0 Å². The molecule has 0 saturated heterocycles. The molecule has 0 fully saturated rings. The number of nitrogens with one attached hydrogen (secondary N) is 1. The number of aromatic nitrogens is 2. The molecular weight excluding hydrogens is 155 g/mol. The van der Waals surface area contributed by atoms with Crippen LogP contribution >= 0.6 is 0 Å². The molecular formula is C9H6FN2. The smallest absolute Gasteiger partial charge is 0.123 e. The minimum absolute atomic E-state index is 0.248. The first kappa shape index (κ1) is 7.03. The van der Waals surface area contributed by atoms with Crippen LogP contribution in [0.1, 0.15) is 0 Å². The first-order valence-electron chi connectivity index (χ1n) is 3.53. The summed E-state index contributed by atoms with van der Waals surface area (Å²) >= 11 is 0. The number of aromatic amines is 1. The Hall–Kier alpha value is -1.64. The van der Waals surface area contributed by atoms with Crippen LogP contribution in [0, 0.1) is 12.0 Å². The van der Waals surface area contributed by atoms with Crippen molar-refractivity contribution in [3.63, 3.8) is 0 Å². The minimum Gasteiger partial charge on any atom is -0.277 e. The number of nitrogens with zero attached hydrogens (tertiary/aromatic N) is 1. The Morgan fingerprint density at radius 1 is 1.42 bits per heavy atom. The molecule has 0 atom stereocenters. The summed E-state index contributed by atoms with van der Waals surface area (Å²) in [6, 6.07) is 8.00. The van der Waals surface area contributed by atoms with Gasteiger partial charge in [0, 0.05) is 5.56 Å². The lowest BCUT2D eigenvalue weighted by molar-refractivity contribution is 0.628. The second-order valence-corrected chi connectivity index (χ2v) is 2.42. The molecule has 1 N–H and O–H groups in total. The minimum atomic E-state index is -0.248. The van der Waals surface area contributed by atoms with Crippen molar-refractivity contribution in [3.8, 4) is 11.3 Å². The third-order valence-electron chi connectivity index (χ3n) is 1.59. The Morgan fingerprint density at radius 3 is 3.00 bits per heavy atom. The van der Waals surface area contributed by atoms with Gasteiger partial charge in [-0.3, -0.25) is 5.10 Å². The lowest BCUT2D eigenvalue weighted by Crippen LogP contribution is -1.79. The summed E-state index contributed by atoms with van der Waals surface area (Å²) in [5.41, 5.74) is 1.55. The van der Waals surface area contributed by atoms with E-state index in [1.54, 1.807) is 12.1 Å². The molecule has 12 heavy (non-hydrogen) atoms. The largest absolute Gasteiger partial charge is 0.277 e. The van der Waals surface area contributed by atoms with Gasteiger partial charge in [-0.15, -0.1) is 0 Å². The fraction of sp³-hybridized carbons (Fsp3) is 0. The SMILES string of the molecule is Fc1cccc(-c2c[c]n[nH]2)c1. The van der Waals surface area contributed by atoms with Crippen molar-refractivity contribution < 1.29 is 4.39 Å². The van der Waals surface area contributed by atoms with Crippen molar-refractivity contribution >= 4 is 0 Å². The normalized spacial score (nSPS) is 10.1. The maximum absolute atomic E-state index is 12.7. The van der Waals surface area contributed by atoms with Gasteiger partial charge in [0.2, 0.25) is 0 Å². The van der Waals surface area contributed by atoms with Crippen LogP contribution in [0.3, 0.4) is 0 Å². The Morgan fingerprint density at radius 2 is 2.33 bits per heavy atom. The summed E-state index contributed by atoms with van der Waals surface area (Å²) < 4.78 is 12.7. The molecule has 0 spiro atoms. The highest BCUT2D eigenvalue weighted by atomic mass is 19.1. The van der Waals surface area contributed by atoms with Crippen molar-refractivity contribution in [2.24, 2.45) is 0 Å². The van der Waals surface area contributed by atoms with Gasteiger partial charge in [0.05, 0.1) is 5.69 Å². The quantitative estimate of drug-likeness (QED) is 0.681. The third-order valence-corrected chi connectivity index (χ3v) is 1.59. The molecule has 0 unspecified atom stereocenters. The summed E-state index contributed by atoms with van der Waals surface area (Å²) in [5, 5.41) is 6.36. The molecule has 2 rings (SSSR count). The molecule has 2 aromatic rings. The molecule has 59 valence electrons. The van der Waals surface area contributed by atoms with Gasteiger partial charge in [-0.05, 0) is 18.2 Å². The zero-order valence-electron chi connectivity index (χ0n) is 6.21. The average molecular weight is 161 g/mol. The highest BCUT2D eigenvalue weighted by Crippen LogP contribution is 2.15. The maximum atomic E-state index is 12.7. The van der Waals surface area contributed by atoms with Crippen LogP contribution in [0.2, 0.25) is 0 Å². The van der Waals surface area contributed by atoms with Crippen molar-refractivity contribution in [1.82, 2.24) is 10.2 Å². The van der Waals surface area contributed by atoms with Gasteiger partial charge in [0.1, 0.15) is 12.0 Å². The second kappa shape index (κ2) is 2.77. The van der Waals surface area contributed by atoms with Crippen LogP contribution in [-0.4, -0.2) is 10.2 Å². The van der Waals surface area contributed by atoms with Gasteiger partial charge in [0.15, 0.2) is 0 Å². The Bertz CT molecular complexity index is 368. The average Bonchev–Trinajstić information content (AvgIpc) is 2.56. The number of H-pyrrole nitrogens is 1. The molecule has 1 radical (unpaired) electrons. The Kier molecular flexibility index (Phi) is 1.63. The van der Waals surface area contributed by atoms with E-state index in [1.165, 1.54) is 12.1 Å². The van der Waals surface area contributed by atoms with E-state index in [1.807, 2.05) is 6.07 Å². The summed E-state index contributed by atoms with van der Waals surface area (Å²) in [7, 11) is 0. The van der Waals surface area contributed by atoms with E-state index < -0.39 is 0 Å². The number of halogens is 1. The molecule has 0 amide bonds. The molecule has 2 nitrogen and oxygen atoms in total. The van der Waals surface area contributed by atoms with E-state index in [9.17, 15) is 4.39 Å². The molecule has 1 aromatic carbocycles. The maximum Gasteiger partial charge on any atom is 0.123 e. The van der Waals surface area contributed by atoms with E-state index in [0.29, 0.717) is 0 Å². The van der Waals surface area contributed by atoms with Crippen LogP contribution in [0.15, 0.2) is 30.3 Å². The van der Waals surface area contributed by atoms with Crippen LogP contribution in [0.25, 0.3) is 11.3 Å². The standard InChI is InChI=1S/C9H6FN2/c10-8-3-1-2-7(6-8)9-4-5-11-12-9/h1-4,6H,(H,11,12). The number of hydrogen-bond acceptors (Lipinski definition) is 1. The fourth-order valence-electron chi connectivity index (χ4n) is 1.03. The first-order chi connectivity index (χ1) is 5.86. The summed E-state index contributed by atoms with van der Waals surface area (Å²) in [5.74, 6) is -0.248. The van der Waals surface area contributed by atoms with Crippen molar-refractivity contribution in [2.45, 2.75) is 0 Å². The number of rotatable bonds is 1. The molecule has 1 heterocycles. The van der Waals surface area contributed by atoms with E-state index in [2.05, 4.69) is 16.4 Å². The molecule has 3 heteroatoms. The van der Waals surface area contributed by atoms with Crippen LogP contribution in [0.4, 0.5) is 4.39 Å². The highest BCUT2D eigenvalue weighted by Gasteiger charge is 1.98. The van der Waals surface area contributed by atoms with Gasteiger partial charge in [-0.2, -0.15) is 5.10 Å². The van der Waals surface area contributed by atoms with Crippen molar-refractivity contribution in [1.29, 1.82) is 0 Å². The Balaban J connectivity index is 2.48. The topological polar surface area (TPSA) is 28.7 Å². The molecule has 0 saturated carbocycles. The summed E-state index contributed by atoms with van der Waals surface area (Å²) in [6.07, 6.45) is 2.62. The highest BCUT2D eigenvalue weighted by molar-refractivity contribution is 5.57. The van der Waals surface area contributed by atoms with Gasteiger partial charge in [0.25, 0.3) is 0 Å². The number of hydrogen-bond donors (Lipinski definition) is 1. The van der Waals surface area contributed by atoms with Gasteiger partial charge in [-0.1, -0.05) is 12.1 Å². The monoisotopic (exact) mass is 161 g/mol. The van der Waals surface area contributed by atoms with Gasteiger partial charge in [-0.25, -0.2) is 4.39 Å². The zero-order chi connectivity index (χ0) is 8.39. The van der Waals surface area contributed by atoms with Crippen LogP contribution in [-0.2, 0) is 0 Å². The molecule has 0 aliphatic heterocycles. The summed E-state index contributed by atoms with van der Waals surface area (Å²) in [4.78, 5) is 0. The van der Waals surface area contributed by atoms with E-state index in [4.69, 9.17) is 0 Å². The van der Waals surface area contributed by atoms with E-state index >= 15 is 0 Å². The molecule has 0 aliphatic carbocycles. The predicted molar refractivity (Wildman–Crippen MR) is 42.8 cm³/mol. The number of benzene rings is 1. The third kappa shape index (κ3) is 1.21. The fourth-order valence-corrected chi connectivity index (χ4v) is 1.03. The first-order valence-corrected chi connectivity index (χ1v) is 3.53. The molecule has 0 aliphatic rings. The zero-order valence-corrected chi connectivity index (χ0v) is 6.21. The lowest BCUT2D eigenvalue weighted by Gasteiger charge is -1.95. The molecule has 1 aromatic heterocycles. The van der Waals surface area contributed by atoms with Gasteiger partial charge >= 0.3 is 0 Å². The second-order valence-electron chi connectivity index (χ2n) is 2.42. The summed E-state index contributed by atoms with van der Waals surface area (Å²) in [6.45, 7) is 0. The lowest BCUT2D eigenvalue weighted by atomic mass is 10.1.